The monoisotopic (exact) mass is 710 g/mol. The van der Waals surface area contributed by atoms with Crippen LogP contribution in [-0.2, 0) is 28.2 Å². The highest BCUT2D eigenvalue weighted by Crippen LogP contribution is 2.24. The largest absolute Gasteiger partial charge is 0.352 e. The molecule has 0 radical (unpaired) electrons. The first-order chi connectivity index (χ1) is 24.3. The first-order valence-electron chi connectivity index (χ1n) is 18.4. The summed E-state index contributed by atoms with van der Waals surface area (Å²) in [4.78, 5) is 0. The van der Waals surface area contributed by atoms with Crippen LogP contribution < -0.4 is 16.0 Å². The third kappa shape index (κ3) is 7.04. The lowest BCUT2D eigenvalue weighted by atomic mass is 10.2. The first-order valence-corrected chi connectivity index (χ1v) is 23.0. The van der Waals surface area contributed by atoms with Gasteiger partial charge in [0.1, 0.15) is 0 Å². The predicted molar refractivity (Wildman–Crippen MR) is 232 cm³/mol. The van der Waals surface area contributed by atoms with Gasteiger partial charge in [-0.2, -0.15) is 0 Å². The molecule has 51 heavy (non-hydrogen) atoms. The molecular formula is C45H58N4Si2. The number of benzene rings is 4. The van der Waals surface area contributed by atoms with Gasteiger partial charge in [0.05, 0.1) is 8.80 Å². The molecule has 0 unspecified atom stereocenters. The van der Waals surface area contributed by atoms with Crippen molar-refractivity contribution in [3.63, 3.8) is 0 Å². The van der Waals surface area contributed by atoms with E-state index in [9.17, 15) is 0 Å². The van der Waals surface area contributed by atoms with Crippen LogP contribution in [0.5, 0.6) is 0 Å². The van der Waals surface area contributed by atoms with Gasteiger partial charge in [0.2, 0.25) is 0 Å². The van der Waals surface area contributed by atoms with Gasteiger partial charge in [0.25, 0.3) is 0 Å². The van der Waals surface area contributed by atoms with Gasteiger partial charge < -0.3 is 18.3 Å². The number of para-hydroxylation sites is 4. The van der Waals surface area contributed by atoms with Crippen molar-refractivity contribution in [2.24, 2.45) is 28.2 Å². The second-order valence-electron chi connectivity index (χ2n) is 13.8. The van der Waals surface area contributed by atoms with E-state index in [2.05, 4.69) is 202 Å². The lowest BCUT2D eigenvalue weighted by Crippen LogP contribution is -2.61. The van der Waals surface area contributed by atoms with E-state index in [1.165, 1.54) is 67.8 Å². The highest BCUT2D eigenvalue weighted by Gasteiger charge is 2.39. The van der Waals surface area contributed by atoms with Gasteiger partial charge in [0, 0.05) is 67.1 Å². The Hall–Kier alpha value is -4.53. The molecule has 4 heterocycles. The van der Waals surface area contributed by atoms with E-state index in [-0.39, 0.29) is 7.43 Å². The summed E-state index contributed by atoms with van der Waals surface area (Å²) in [5.41, 5.74) is 5.36. The van der Waals surface area contributed by atoms with E-state index in [1.807, 2.05) is 0 Å². The Morgan fingerprint density at radius 3 is 1.25 bits per heavy atom. The minimum atomic E-state index is -1.83. The topological polar surface area (TPSA) is 19.7 Å². The molecule has 4 nitrogen and oxygen atoms in total. The molecule has 0 fully saturated rings. The Morgan fingerprint density at radius 1 is 0.471 bits per heavy atom. The molecule has 0 aliphatic heterocycles. The van der Waals surface area contributed by atoms with Crippen molar-refractivity contribution in [1.29, 1.82) is 0 Å². The van der Waals surface area contributed by atoms with E-state index in [0.717, 1.165) is 0 Å². The average molecular weight is 711 g/mol. The highest BCUT2D eigenvalue weighted by molar-refractivity contribution is 7.01. The maximum atomic E-state index is 2.45. The molecule has 0 aliphatic rings. The molecule has 6 heteroatoms. The number of fused-ring (bicyclic) bond motifs is 4. The zero-order chi connectivity index (χ0) is 35.4. The second kappa shape index (κ2) is 16.2. The number of aromatic nitrogens is 4. The predicted octanol–water partition coefficient (Wildman–Crippen LogP) is 9.74. The molecule has 266 valence electrons. The lowest BCUT2D eigenvalue weighted by molar-refractivity contribution is 0.969. The van der Waals surface area contributed by atoms with Gasteiger partial charge >= 0.3 is 0 Å². The fraction of sp³-hybridized carbons (Fsp3) is 0.289. The van der Waals surface area contributed by atoms with E-state index in [1.54, 1.807) is 16.0 Å². The molecule has 0 aliphatic carbocycles. The van der Waals surface area contributed by atoms with Crippen LogP contribution >= 0.6 is 0 Å². The molecule has 0 N–H and O–H groups in total. The Labute approximate surface area is 308 Å². The SMILES string of the molecule is C.CC[SiH](CC)c1cc2ccccc2n1C.CC[Si](CC)(c1cc2ccccc2n1C)c1cc2ccccc2n1C.Cn1ccc2ccccc21. The van der Waals surface area contributed by atoms with Crippen molar-refractivity contribution in [3.05, 3.63) is 128 Å². The van der Waals surface area contributed by atoms with Crippen molar-refractivity contribution in [2.45, 2.75) is 59.3 Å². The molecule has 0 amide bonds. The minimum absolute atomic E-state index is 0. The van der Waals surface area contributed by atoms with E-state index < -0.39 is 16.9 Å². The maximum Gasteiger partial charge on any atom is 0.158 e. The molecule has 0 bridgehead atoms. The fourth-order valence-electron chi connectivity index (χ4n) is 8.23. The van der Waals surface area contributed by atoms with Gasteiger partial charge in [-0.25, -0.2) is 0 Å². The molecule has 0 saturated heterocycles. The number of rotatable bonds is 7. The Morgan fingerprint density at radius 2 is 0.863 bits per heavy atom. The second-order valence-corrected chi connectivity index (χ2v) is 22.0. The van der Waals surface area contributed by atoms with Gasteiger partial charge in [0.15, 0.2) is 8.07 Å². The van der Waals surface area contributed by atoms with Crippen molar-refractivity contribution in [3.8, 4) is 0 Å². The number of hydrogen-bond acceptors (Lipinski definition) is 0. The summed E-state index contributed by atoms with van der Waals surface area (Å²) in [6, 6.07) is 49.2. The van der Waals surface area contributed by atoms with Crippen molar-refractivity contribution in [1.82, 2.24) is 18.3 Å². The molecule has 0 spiro atoms. The van der Waals surface area contributed by atoms with Crippen LogP contribution in [0.2, 0.25) is 24.2 Å². The Bertz CT molecular complexity index is 2260. The average Bonchev–Trinajstić information content (AvgIpc) is 3.90. The molecule has 0 saturated carbocycles. The van der Waals surface area contributed by atoms with Crippen LogP contribution in [0.3, 0.4) is 0 Å². The van der Waals surface area contributed by atoms with Crippen LogP contribution in [0.25, 0.3) is 43.6 Å². The zero-order valence-electron chi connectivity index (χ0n) is 31.3. The molecule has 0 atom stereocenters. The van der Waals surface area contributed by atoms with Crippen LogP contribution in [0.1, 0.15) is 35.1 Å². The van der Waals surface area contributed by atoms with Crippen LogP contribution in [0.15, 0.2) is 128 Å². The number of hydrogen-bond donors (Lipinski definition) is 0. The quantitative estimate of drug-likeness (QED) is 0.147. The lowest BCUT2D eigenvalue weighted by Gasteiger charge is -2.31. The molecule has 8 aromatic rings. The molecule has 4 aromatic heterocycles. The van der Waals surface area contributed by atoms with Gasteiger partial charge in [-0.05, 0) is 87.5 Å². The normalized spacial score (nSPS) is 11.5. The van der Waals surface area contributed by atoms with E-state index in [4.69, 9.17) is 0 Å². The van der Waals surface area contributed by atoms with E-state index in [0.29, 0.717) is 0 Å². The standard InChI is InChI=1S/C22H26N2Si.C13H19NSi.C9H9N.CH4/c1-5-25(6-2,21-15-17-11-7-9-13-19(17)23(21)3)22-16-18-12-8-10-14-20(18)24(22)4;1-4-15(5-2)13-10-11-8-6-7-9-12(11)14(13)3;1-10-7-6-8-4-2-3-5-9(8)10;/h7-16H,5-6H2,1-4H3;6-10,15H,4-5H2,1-3H3;2-7H,1H3;1H4. The number of nitrogens with zero attached hydrogens (tertiary/aromatic N) is 4. The van der Waals surface area contributed by atoms with Gasteiger partial charge in [-0.1, -0.05) is 120 Å². The van der Waals surface area contributed by atoms with Crippen molar-refractivity contribution < 1.29 is 0 Å². The summed E-state index contributed by atoms with van der Waals surface area (Å²) in [6.45, 7) is 9.42. The third-order valence-electron chi connectivity index (χ3n) is 11.3. The van der Waals surface area contributed by atoms with Crippen LogP contribution in [-0.4, -0.2) is 35.1 Å². The van der Waals surface area contributed by atoms with Gasteiger partial charge in [-0.3, -0.25) is 0 Å². The zero-order valence-corrected chi connectivity index (χ0v) is 33.5. The van der Waals surface area contributed by atoms with Crippen molar-refractivity contribution >= 4 is 76.4 Å². The fourth-order valence-corrected chi connectivity index (χ4v) is 15.3. The third-order valence-corrected chi connectivity index (χ3v) is 20.0. The first kappa shape index (κ1) is 37.7. The summed E-state index contributed by atoms with van der Waals surface area (Å²) in [7, 11) is 6.23. The molecule has 8 rings (SSSR count). The smallest absolute Gasteiger partial charge is 0.158 e. The van der Waals surface area contributed by atoms with Crippen LogP contribution in [0.4, 0.5) is 0 Å². The Balaban J connectivity index is 0.000000164. The summed E-state index contributed by atoms with van der Waals surface area (Å²) >= 11 is 0. The number of aryl methyl sites for hydroxylation is 4. The summed E-state index contributed by atoms with van der Waals surface area (Å²) in [5.74, 6) is 0. The summed E-state index contributed by atoms with van der Waals surface area (Å²) in [6.07, 6.45) is 2.07. The minimum Gasteiger partial charge on any atom is -0.352 e. The summed E-state index contributed by atoms with van der Waals surface area (Å²) in [5, 5.41) is 10.1. The van der Waals surface area contributed by atoms with Crippen molar-refractivity contribution in [2.75, 3.05) is 0 Å². The van der Waals surface area contributed by atoms with Crippen LogP contribution in [0, 0.1) is 0 Å². The summed E-state index contributed by atoms with van der Waals surface area (Å²) < 4.78 is 9.42. The molecule has 4 aromatic carbocycles. The maximum absolute atomic E-state index is 2.45. The highest BCUT2D eigenvalue weighted by atomic mass is 28.3. The molecular weight excluding hydrogens is 653 g/mol. The Kier molecular flexibility index (Phi) is 12.0. The van der Waals surface area contributed by atoms with E-state index >= 15 is 0 Å². The van der Waals surface area contributed by atoms with Gasteiger partial charge in [-0.15, -0.1) is 0 Å².